The minimum absolute atomic E-state index is 0.113. The van der Waals surface area contributed by atoms with E-state index in [2.05, 4.69) is 15.4 Å². The standard InChI is InChI=1S/C15H21N5O2/c1-11(21)9-10-19(3)15(22)12(2)20-17-14(16-18-20)13-7-5-4-6-8-13/h4-8,11-12,21H,9-10H2,1-3H3. The van der Waals surface area contributed by atoms with E-state index in [-0.39, 0.29) is 5.91 Å². The maximum atomic E-state index is 12.3. The van der Waals surface area contributed by atoms with E-state index in [1.165, 1.54) is 4.80 Å². The summed E-state index contributed by atoms with van der Waals surface area (Å²) in [5.74, 6) is 0.379. The highest BCUT2D eigenvalue weighted by Gasteiger charge is 2.22. The Morgan fingerprint density at radius 1 is 1.32 bits per heavy atom. The van der Waals surface area contributed by atoms with E-state index >= 15 is 0 Å². The largest absolute Gasteiger partial charge is 0.393 e. The van der Waals surface area contributed by atoms with Crippen LogP contribution in [-0.2, 0) is 4.79 Å². The summed E-state index contributed by atoms with van der Waals surface area (Å²) >= 11 is 0. The summed E-state index contributed by atoms with van der Waals surface area (Å²) in [5.41, 5.74) is 0.857. The van der Waals surface area contributed by atoms with Gasteiger partial charge in [0.05, 0.1) is 6.10 Å². The van der Waals surface area contributed by atoms with Crippen LogP contribution in [0.2, 0.25) is 0 Å². The Kier molecular flexibility index (Phi) is 5.21. The first-order valence-corrected chi connectivity index (χ1v) is 7.27. The molecule has 22 heavy (non-hydrogen) atoms. The van der Waals surface area contributed by atoms with E-state index in [9.17, 15) is 9.90 Å². The number of likely N-dealkylation sites (N-methyl/N-ethyl adjacent to an activating group) is 1. The van der Waals surface area contributed by atoms with Crippen LogP contribution in [0.3, 0.4) is 0 Å². The molecule has 0 radical (unpaired) electrons. The minimum atomic E-state index is -0.538. The van der Waals surface area contributed by atoms with Crippen molar-refractivity contribution in [1.82, 2.24) is 25.1 Å². The van der Waals surface area contributed by atoms with Gasteiger partial charge in [0, 0.05) is 19.2 Å². The predicted molar refractivity (Wildman–Crippen MR) is 81.9 cm³/mol. The molecule has 1 aromatic heterocycles. The number of nitrogens with zero attached hydrogens (tertiary/aromatic N) is 5. The Hall–Kier alpha value is -2.28. The Balaban J connectivity index is 2.05. The van der Waals surface area contributed by atoms with Crippen molar-refractivity contribution in [3.8, 4) is 11.4 Å². The fourth-order valence-corrected chi connectivity index (χ4v) is 2.00. The number of hydrogen-bond donors (Lipinski definition) is 1. The average Bonchev–Trinajstić information content (AvgIpc) is 3.02. The van der Waals surface area contributed by atoms with Crippen molar-refractivity contribution in [2.45, 2.75) is 32.4 Å². The lowest BCUT2D eigenvalue weighted by molar-refractivity contribution is -0.133. The minimum Gasteiger partial charge on any atom is -0.393 e. The molecule has 2 unspecified atom stereocenters. The third-order valence-corrected chi connectivity index (χ3v) is 3.42. The summed E-state index contributed by atoms with van der Waals surface area (Å²) in [5, 5.41) is 21.5. The Labute approximate surface area is 129 Å². The lowest BCUT2D eigenvalue weighted by Gasteiger charge is -2.21. The van der Waals surface area contributed by atoms with Gasteiger partial charge in [-0.05, 0) is 25.5 Å². The number of rotatable bonds is 6. The number of amides is 1. The highest BCUT2D eigenvalue weighted by atomic mass is 16.3. The molecule has 0 spiro atoms. The molecule has 0 fully saturated rings. The molecular weight excluding hydrogens is 282 g/mol. The molecule has 2 rings (SSSR count). The van der Waals surface area contributed by atoms with Crippen molar-refractivity contribution in [2.24, 2.45) is 0 Å². The molecular formula is C15H21N5O2. The summed E-state index contributed by atoms with van der Waals surface area (Å²) < 4.78 is 0. The maximum Gasteiger partial charge on any atom is 0.248 e. The molecule has 1 amide bonds. The van der Waals surface area contributed by atoms with Crippen LogP contribution in [0.25, 0.3) is 11.4 Å². The summed E-state index contributed by atoms with van der Waals surface area (Å²) in [4.78, 5) is 15.2. The molecule has 1 heterocycles. The molecule has 118 valence electrons. The van der Waals surface area contributed by atoms with Gasteiger partial charge in [-0.25, -0.2) is 0 Å². The molecule has 7 nitrogen and oxygen atoms in total. The van der Waals surface area contributed by atoms with Crippen LogP contribution in [-0.4, -0.2) is 55.8 Å². The molecule has 0 saturated carbocycles. The van der Waals surface area contributed by atoms with Gasteiger partial charge in [0.25, 0.3) is 0 Å². The molecule has 0 saturated heterocycles. The van der Waals surface area contributed by atoms with E-state index in [0.717, 1.165) is 5.56 Å². The zero-order chi connectivity index (χ0) is 16.1. The van der Waals surface area contributed by atoms with Gasteiger partial charge in [-0.15, -0.1) is 10.2 Å². The molecule has 0 aliphatic rings. The van der Waals surface area contributed by atoms with Gasteiger partial charge < -0.3 is 10.0 Å². The molecule has 0 bridgehead atoms. The summed E-state index contributed by atoms with van der Waals surface area (Å²) in [6.07, 6.45) is 0.106. The number of aromatic nitrogens is 4. The molecule has 0 aliphatic carbocycles. The number of tetrazole rings is 1. The Bertz CT molecular complexity index is 611. The zero-order valence-electron chi connectivity index (χ0n) is 13.0. The van der Waals surface area contributed by atoms with Crippen molar-refractivity contribution in [2.75, 3.05) is 13.6 Å². The van der Waals surface area contributed by atoms with Crippen LogP contribution in [0, 0.1) is 0 Å². The second kappa shape index (κ2) is 7.13. The second-order valence-corrected chi connectivity index (χ2v) is 5.37. The van der Waals surface area contributed by atoms with Crippen LogP contribution < -0.4 is 0 Å². The third kappa shape index (κ3) is 3.88. The van der Waals surface area contributed by atoms with Gasteiger partial charge in [-0.3, -0.25) is 4.79 Å². The number of aliphatic hydroxyl groups is 1. The normalized spacial score (nSPS) is 13.6. The van der Waals surface area contributed by atoms with E-state index < -0.39 is 12.1 Å². The maximum absolute atomic E-state index is 12.3. The highest BCUT2D eigenvalue weighted by molar-refractivity contribution is 5.79. The van der Waals surface area contributed by atoms with Gasteiger partial charge in [-0.2, -0.15) is 4.80 Å². The van der Waals surface area contributed by atoms with Crippen LogP contribution in [0.5, 0.6) is 0 Å². The molecule has 2 atom stereocenters. The fourth-order valence-electron chi connectivity index (χ4n) is 2.00. The predicted octanol–water partition coefficient (Wildman–Crippen LogP) is 1.13. The van der Waals surface area contributed by atoms with Crippen molar-refractivity contribution >= 4 is 5.91 Å². The highest BCUT2D eigenvalue weighted by Crippen LogP contribution is 2.14. The lowest BCUT2D eigenvalue weighted by atomic mass is 10.2. The first kappa shape index (κ1) is 16.1. The van der Waals surface area contributed by atoms with Gasteiger partial charge in [0.1, 0.15) is 6.04 Å². The number of carbonyl (C=O) groups is 1. The van der Waals surface area contributed by atoms with Gasteiger partial charge in [0.2, 0.25) is 11.7 Å². The Morgan fingerprint density at radius 2 is 2.00 bits per heavy atom. The van der Waals surface area contributed by atoms with Gasteiger partial charge in [0.15, 0.2) is 0 Å². The van der Waals surface area contributed by atoms with Gasteiger partial charge in [-0.1, -0.05) is 30.3 Å². The topological polar surface area (TPSA) is 84.1 Å². The third-order valence-electron chi connectivity index (χ3n) is 3.42. The van der Waals surface area contributed by atoms with Crippen molar-refractivity contribution < 1.29 is 9.90 Å². The number of benzene rings is 1. The quantitative estimate of drug-likeness (QED) is 0.865. The SMILES string of the molecule is CC(O)CCN(C)C(=O)C(C)n1nnc(-c2ccccc2)n1. The first-order chi connectivity index (χ1) is 10.5. The summed E-state index contributed by atoms with van der Waals surface area (Å²) in [7, 11) is 1.70. The smallest absolute Gasteiger partial charge is 0.248 e. The summed E-state index contributed by atoms with van der Waals surface area (Å²) in [6, 6.07) is 8.95. The lowest BCUT2D eigenvalue weighted by Crippen LogP contribution is -2.35. The molecule has 1 aromatic carbocycles. The van der Waals surface area contributed by atoms with Crippen LogP contribution in [0.1, 0.15) is 26.3 Å². The van der Waals surface area contributed by atoms with E-state index in [4.69, 9.17) is 0 Å². The fraction of sp³-hybridized carbons (Fsp3) is 0.467. The van der Waals surface area contributed by atoms with Gasteiger partial charge >= 0.3 is 0 Å². The van der Waals surface area contributed by atoms with E-state index in [0.29, 0.717) is 18.8 Å². The second-order valence-electron chi connectivity index (χ2n) is 5.37. The van der Waals surface area contributed by atoms with E-state index in [1.54, 1.807) is 25.8 Å². The Morgan fingerprint density at radius 3 is 2.64 bits per heavy atom. The molecule has 1 N–H and O–H groups in total. The number of carbonyl (C=O) groups excluding carboxylic acids is 1. The van der Waals surface area contributed by atoms with E-state index in [1.807, 2.05) is 30.3 Å². The average molecular weight is 303 g/mol. The van der Waals surface area contributed by atoms with Crippen molar-refractivity contribution in [3.05, 3.63) is 30.3 Å². The van der Waals surface area contributed by atoms with Crippen molar-refractivity contribution in [1.29, 1.82) is 0 Å². The first-order valence-electron chi connectivity index (χ1n) is 7.27. The van der Waals surface area contributed by atoms with Crippen LogP contribution in [0.15, 0.2) is 30.3 Å². The number of hydrogen-bond acceptors (Lipinski definition) is 5. The molecule has 7 heteroatoms. The number of aliphatic hydroxyl groups excluding tert-OH is 1. The van der Waals surface area contributed by atoms with Crippen molar-refractivity contribution in [3.63, 3.8) is 0 Å². The monoisotopic (exact) mass is 303 g/mol. The van der Waals surface area contributed by atoms with Crippen LogP contribution >= 0.6 is 0 Å². The summed E-state index contributed by atoms with van der Waals surface area (Å²) in [6.45, 7) is 3.92. The molecule has 0 aliphatic heterocycles. The molecule has 2 aromatic rings. The zero-order valence-corrected chi connectivity index (χ0v) is 13.0. The van der Waals surface area contributed by atoms with Crippen LogP contribution in [0.4, 0.5) is 0 Å².